The third kappa shape index (κ3) is 3.83. The first-order valence-corrected chi connectivity index (χ1v) is 7.71. The van der Waals surface area contributed by atoms with Gasteiger partial charge in [0.15, 0.2) is 0 Å². The van der Waals surface area contributed by atoms with Crippen LogP contribution in [0.3, 0.4) is 0 Å². The molecule has 0 saturated carbocycles. The maximum absolute atomic E-state index is 12.2. The molecule has 2 unspecified atom stereocenters. The van der Waals surface area contributed by atoms with Crippen molar-refractivity contribution in [2.24, 2.45) is 5.92 Å². The number of hydrogen-bond donors (Lipinski definition) is 1. The molecule has 114 valence electrons. The highest BCUT2D eigenvalue weighted by molar-refractivity contribution is 9.10. The number of amides is 1. The molecule has 0 bridgehead atoms. The SMILES string of the molecule is CCOC(=O)c1ccc(NC(=O)C2CCOC2C)c(Br)c1. The Morgan fingerprint density at radius 2 is 2.24 bits per heavy atom. The molecule has 21 heavy (non-hydrogen) atoms. The second-order valence-corrected chi connectivity index (χ2v) is 5.73. The van der Waals surface area contributed by atoms with Gasteiger partial charge in [-0.1, -0.05) is 0 Å². The Morgan fingerprint density at radius 1 is 1.48 bits per heavy atom. The Labute approximate surface area is 132 Å². The van der Waals surface area contributed by atoms with Gasteiger partial charge in [-0.2, -0.15) is 0 Å². The normalized spacial score (nSPS) is 21.1. The van der Waals surface area contributed by atoms with E-state index in [1.165, 1.54) is 0 Å². The monoisotopic (exact) mass is 355 g/mol. The van der Waals surface area contributed by atoms with Gasteiger partial charge >= 0.3 is 5.97 Å². The summed E-state index contributed by atoms with van der Waals surface area (Å²) < 4.78 is 11.0. The number of esters is 1. The van der Waals surface area contributed by atoms with Gasteiger partial charge in [0.1, 0.15) is 0 Å². The van der Waals surface area contributed by atoms with Crippen LogP contribution in [-0.2, 0) is 14.3 Å². The van der Waals surface area contributed by atoms with E-state index < -0.39 is 0 Å². The number of carbonyl (C=O) groups excluding carboxylic acids is 2. The van der Waals surface area contributed by atoms with Crippen molar-refractivity contribution >= 4 is 33.5 Å². The summed E-state index contributed by atoms with van der Waals surface area (Å²) in [4.78, 5) is 23.8. The van der Waals surface area contributed by atoms with Crippen molar-refractivity contribution < 1.29 is 19.1 Å². The number of ether oxygens (including phenoxy) is 2. The summed E-state index contributed by atoms with van der Waals surface area (Å²) in [7, 11) is 0. The van der Waals surface area contributed by atoms with Crippen molar-refractivity contribution in [2.75, 3.05) is 18.5 Å². The summed E-state index contributed by atoms with van der Waals surface area (Å²) in [5.74, 6) is -0.583. The fourth-order valence-electron chi connectivity index (χ4n) is 2.26. The molecule has 0 radical (unpaired) electrons. The van der Waals surface area contributed by atoms with E-state index in [9.17, 15) is 9.59 Å². The van der Waals surface area contributed by atoms with Crippen LogP contribution in [0.2, 0.25) is 0 Å². The lowest BCUT2D eigenvalue weighted by Gasteiger charge is -2.15. The minimum Gasteiger partial charge on any atom is -0.462 e. The van der Waals surface area contributed by atoms with Gasteiger partial charge in [-0.25, -0.2) is 4.79 Å². The van der Waals surface area contributed by atoms with Crippen molar-refractivity contribution in [3.63, 3.8) is 0 Å². The summed E-state index contributed by atoms with van der Waals surface area (Å²) in [5, 5.41) is 2.86. The van der Waals surface area contributed by atoms with E-state index >= 15 is 0 Å². The molecule has 1 aromatic carbocycles. The molecule has 0 aliphatic carbocycles. The summed E-state index contributed by atoms with van der Waals surface area (Å²) in [6.07, 6.45) is 0.661. The van der Waals surface area contributed by atoms with Gasteiger partial charge in [0, 0.05) is 11.1 Å². The molecule has 1 saturated heterocycles. The number of hydrogen-bond acceptors (Lipinski definition) is 4. The van der Waals surface area contributed by atoms with Crippen LogP contribution < -0.4 is 5.32 Å². The van der Waals surface area contributed by atoms with E-state index in [1.54, 1.807) is 25.1 Å². The molecule has 6 heteroatoms. The largest absolute Gasteiger partial charge is 0.462 e. The lowest BCUT2D eigenvalue weighted by Crippen LogP contribution is -2.27. The molecule has 0 aromatic heterocycles. The molecule has 1 amide bonds. The van der Waals surface area contributed by atoms with Gasteiger partial charge in [-0.15, -0.1) is 0 Å². The molecule has 2 rings (SSSR count). The number of anilines is 1. The predicted octanol–water partition coefficient (Wildman–Crippen LogP) is 2.99. The number of carbonyl (C=O) groups is 2. The van der Waals surface area contributed by atoms with Crippen LogP contribution in [0.4, 0.5) is 5.69 Å². The van der Waals surface area contributed by atoms with Crippen molar-refractivity contribution in [1.82, 2.24) is 0 Å². The van der Waals surface area contributed by atoms with Gasteiger partial charge in [0.2, 0.25) is 5.91 Å². The van der Waals surface area contributed by atoms with Crippen LogP contribution in [-0.4, -0.2) is 31.2 Å². The van der Waals surface area contributed by atoms with Gasteiger partial charge < -0.3 is 14.8 Å². The molecule has 1 fully saturated rings. The van der Waals surface area contributed by atoms with Crippen LogP contribution in [0, 0.1) is 5.92 Å². The molecule has 1 aliphatic rings. The Morgan fingerprint density at radius 3 is 2.81 bits per heavy atom. The van der Waals surface area contributed by atoms with Crippen molar-refractivity contribution in [3.05, 3.63) is 28.2 Å². The zero-order valence-corrected chi connectivity index (χ0v) is 13.6. The van der Waals surface area contributed by atoms with E-state index in [1.807, 2.05) is 6.92 Å². The lowest BCUT2D eigenvalue weighted by atomic mass is 10.0. The predicted molar refractivity (Wildman–Crippen MR) is 82.2 cm³/mol. The van der Waals surface area contributed by atoms with Crippen LogP contribution in [0.25, 0.3) is 0 Å². The highest BCUT2D eigenvalue weighted by atomic mass is 79.9. The van der Waals surface area contributed by atoms with E-state index in [-0.39, 0.29) is 23.9 Å². The minimum absolute atomic E-state index is 0.0652. The molecule has 5 nitrogen and oxygen atoms in total. The molecular weight excluding hydrogens is 338 g/mol. The summed E-state index contributed by atoms with van der Waals surface area (Å²) in [6, 6.07) is 4.96. The first kappa shape index (κ1) is 16.0. The minimum atomic E-state index is -0.381. The smallest absolute Gasteiger partial charge is 0.338 e. The fraction of sp³-hybridized carbons (Fsp3) is 0.467. The molecule has 1 aliphatic heterocycles. The second-order valence-electron chi connectivity index (χ2n) is 4.88. The van der Waals surface area contributed by atoms with Gasteiger partial charge in [0.25, 0.3) is 0 Å². The van der Waals surface area contributed by atoms with Crippen molar-refractivity contribution in [2.45, 2.75) is 26.4 Å². The molecular formula is C15H18BrNO4. The van der Waals surface area contributed by atoms with E-state index in [4.69, 9.17) is 9.47 Å². The van der Waals surface area contributed by atoms with Crippen LogP contribution in [0.5, 0.6) is 0 Å². The first-order chi connectivity index (χ1) is 10.0. The van der Waals surface area contributed by atoms with Gasteiger partial charge in [-0.3, -0.25) is 4.79 Å². The number of nitrogens with one attached hydrogen (secondary N) is 1. The quantitative estimate of drug-likeness (QED) is 0.843. The standard InChI is InChI=1S/C15H18BrNO4/c1-3-20-15(19)10-4-5-13(12(16)8-10)17-14(18)11-6-7-21-9(11)2/h4-5,8-9,11H,3,6-7H2,1-2H3,(H,17,18). The molecule has 1 heterocycles. The first-order valence-electron chi connectivity index (χ1n) is 6.92. The van der Waals surface area contributed by atoms with Crippen LogP contribution in [0.1, 0.15) is 30.6 Å². The average Bonchev–Trinajstić information content (AvgIpc) is 2.87. The lowest BCUT2D eigenvalue weighted by molar-refractivity contribution is -0.121. The summed E-state index contributed by atoms with van der Waals surface area (Å²) in [6.45, 7) is 4.60. The average molecular weight is 356 g/mol. The van der Waals surface area contributed by atoms with Crippen LogP contribution in [0.15, 0.2) is 22.7 Å². The molecule has 1 N–H and O–H groups in total. The Kier molecular flexibility index (Phi) is 5.36. The maximum atomic E-state index is 12.2. The van der Waals surface area contributed by atoms with Crippen LogP contribution >= 0.6 is 15.9 Å². The Balaban J connectivity index is 2.07. The Hall–Kier alpha value is -1.40. The van der Waals surface area contributed by atoms with Gasteiger partial charge in [0.05, 0.1) is 29.9 Å². The number of halogens is 1. The zero-order valence-electron chi connectivity index (χ0n) is 12.0. The van der Waals surface area contributed by atoms with Crippen molar-refractivity contribution in [3.8, 4) is 0 Å². The topological polar surface area (TPSA) is 64.6 Å². The van der Waals surface area contributed by atoms with E-state index in [0.29, 0.717) is 28.9 Å². The maximum Gasteiger partial charge on any atom is 0.338 e. The summed E-state index contributed by atoms with van der Waals surface area (Å²) >= 11 is 3.37. The third-order valence-corrected chi connectivity index (χ3v) is 4.11. The molecule has 0 spiro atoms. The zero-order chi connectivity index (χ0) is 15.4. The number of benzene rings is 1. The number of rotatable bonds is 4. The highest BCUT2D eigenvalue weighted by Gasteiger charge is 2.31. The molecule has 1 aromatic rings. The second kappa shape index (κ2) is 7.04. The van der Waals surface area contributed by atoms with Crippen molar-refractivity contribution in [1.29, 1.82) is 0 Å². The summed E-state index contributed by atoms with van der Waals surface area (Å²) in [5.41, 5.74) is 1.08. The van der Waals surface area contributed by atoms with Gasteiger partial charge in [-0.05, 0) is 54.4 Å². The van der Waals surface area contributed by atoms with E-state index in [0.717, 1.165) is 6.42 Å². The third-order valence-electron chi connectivity index (χ3n) is 3.45. The Bertz CT molecular complexity index is 546. The molecule has 2 atom stereocenters. The fourth-order valence-corrected chi connectivity index (χ4v) is 2.74. The highest BCUT2D eigenvalue weighted by Crippen LogP contribution is 2.27. The van der Waals surface area contributed by atoms with E-state index in [2.05, 4.69) is 21.2 Å².